The Hall–Kier alpha value is -1.65. The monoisotopic (exact) mass is 463 g/mol. The number of rotatable bonds is 10. The van der Waals surface area contributed by atoms with Crippen LogP contribution in [0, 0.1) is 11.8 Å². The Morgan fingerprint density at radius 3 is 2.77 bits per heavy atom. The Morgan fingerprint density at radius 1 is 1.47 bits per heavy atom. The van der Waals surface area contributed by atoms with Crippen LogP contribution in [0.15, 0.2) is 33.8 Å². The lowest BCUT2D eigenvalue weighted by molar-refractivity contribution is -0.120. The number of aliphatic hydroxyl groups is 1. The Morgan fingerprint density at radius 2 is 2.17 bits per heavy atom. The van der Waals surface area contributed by atoms with Crippen LogP contribution in [0.4, 0.5) is 13.2 Å². The third-order valence-corrected chi connectivity index (χ3v) is 7.25. The van der Waals surface area contributed by atoms with Crippen LogP contribution in [-0.4, -0.2) is 37.8 Å². The molecule has 0 aromatic carbocycles. The normalized spacial score (nSPS) is 22.3. The van der Waals surface area contributed by atoms with Gasteiger partial charge in [0.05, 0.1) is 5.60 Å². The zero-order chi connectivity index (χ0) is 22.5. The summed E-state index contributed by atoms with van der Waals surface area (Å²) in [5.41, 5.74) is -1.36. The molecular weight excluding hydrogens is 439 g/mol. The largest absolute Gasteiger partial charge is 0.476 e. The van der Waals surface area contributed by atoms with Crippen LogP contribution < -0.4 is 0 Å². The van der Waals surface area contributed by atoms with E-state index in [-0.39, 0.29) is 41.4 Å². The number of hydrogen-bond donors (Lipinski definition) is 2. The fourth-order valence-electron chi connectivity index (χ4n) is 3.43. The number of carboxylic acid groups (broad SMARTS) is 1. The highest BCUT2D eigenvalue weighted by Crippen LogP contribution is 2.40. The van der Waals surface area contributed by atoms with Gasteiger partial charge in [-0.25, -0.2) is 14.2 Å². The van der Waals surface area contributed by atoms with Gasteiger partial charge in [0.15, 0.2) is 15.9 Å². The van der Waals surface area contributed by atoms with E-state index in [4.69, 9.17) is 5.11 Å². The van der Waals surface area contributed by atoms with Gasteiger partial charge in [0.1, 0.15) is 5.78 Å². The first-order chi connectivity index (χ1) is 14.0. The number of Topliss-reactive ketones (excluding diaryl/α,β-unsaturated/α-hetero) is 1. The number of nitrogens with zero attached hydrogens (tertiary/aromatic N) is 1. The van der Waals surface area contributed by atoms with Crippen LogP contribution in [0.5, 0.6) is 0 Å². The molecule has 166 valence electrons. The maximum atomic E-state index is 13.0. The first-order valence-corrected chi connectivity index (χ1v) is 11.2. The second-order valence-corrected chi connectivity index (χ2v) is 10.1. The molecule has 0 spiro atoms. The van der Waals surface area contributed by atoms with E-state index in [0.717, 1.165) is 0 Å². The lowest BCUT2D eigenvalue weighted by atomic mass is 9.90. The van der Waals surface area contributed by atoms with Crippen molar-refractivity contribution in [1.29, 1.82) is 0 Å². The van der Waals surface area contributed by atoms with Crippen molar-refractivity contribution in [3.05, 3.63) is 35.1 Å². The van der Waals surface area contributed by atoms with Gasteiger partial charge in [0, 0.05) is 29.4 Å². The molecule has 2 rings (SSSR count). The summed E-state index contributed by atoms with van der Waals surface area (Å²) in [6.45, 7) is 3.36. The van der Waals surface area contributed by atoms with E-state index in [2.05, 4.69) is 4.98 Å². The number of carbonyl (C=O) groups excluding carboxylic acids is 1. The van der Waals surface area contributed by atoms with Gasteiger partial charge in [-0.3, -0.25) is 4.79 Å². The molecule has 0 amide bonds. The van der Waals surface area contributed by atoms with Crippen LogP contribution >= 0.6 is 23.1 Å². The molecule has 5 nitrogen and oxygen atoms in total. The van der Waals surface area contributed by atoms with Crippen molar-refractivity contribution < 1.29 is 33.0 Å². The molecule has 2 N–H and O–H groups in total. The lowest BCUT2D eigenvalue weighted by Crippen LogP contribution is -2.25. The van der Waals surface area contributed by atoms with Crippen LogP contribution in [0.1, 0.15) is 56.4 Å². The summed E-state index contributed by atoms with van der Waals surface area (Å²) in [6.07, 6.45) is 1.78. The van der Waals surface area contributed by atoms with Gasteiger partial charge in [-0.1, -0.05) is 30.8 Å². The maximum Gasteiger partial charge on any atom is 0.355 e. The highest BCUT2D eigenvalue weighted by atomic mass is 32.2. The third kappa shape index (κ3) is 6.95. The topological polar surface area (TPSA) is 87.5 Å². The standard InChI is InChI=1S/C20H24F3NO4S2/c1-11(30-19-24-14(10-29-19)18(26)27)16-12(5-6-15(16)25)4-3-8-20(2,28)9-7-13(21)17(22)23/h3-4,10-12,16,28H,5-9H2,1-2H3,(H,26,27)/b4-3+/t11?,12-,16-,20-/m1/s1. The van der Waals surface area contributed by atoms with Crippen LogP contribution in [-0.2, 0) is 4.79 Å². The Kier molecular flexibility index (Phi) is 8.69. The highest BCUT2D eigenvalue weighted by Gasteiger charge is 2.37. The van der Waals surface area contributed by atoms with Crippen molar-refractivity contribution in [2.24, 2.45) is 11.8 Å². The summed E-state index contributed by atoms with van der Waals surface area (Å²) in [5.74, 6) is -2.80. The molecule has 1 fully saturated rings. The maximum absolute atomic E-state index is 13.0. The number of carbonyl (C=O) groups is 2. The van der Waals surface area contributed by atoms with Crippen molar-refractivity contribution in [3.8, 4) is 0 Å². The average Bonchev–Trinajstić information content (AvgIpc) is 3.26. The average molecular weight is 464 g/mol. The minimum absolute atomic E-state index is 0.0231. The second kappa shape index (κ2) is 10.6. The predicted octanol–water partition coefficient (Wildman–Crippen LogP) is 5.47. The summed E-state index contributed by atoms with van der Waals surface area (Å²) < 4.78 is 37.8. The van der Waals surface area contributed by atoms with E-state index in [1.807, 2.05) is 13.0 Å². The molecule has 0 radical (unpaired) electrons. The number of thioether (sulfide) groups is 1. The Labute approximate surface area is 181 Å². The van der Waals surface area contributed by atoms with E-state index in [1.165, 1.54) is 35.4 Å². The lowest BCUT2D eigenvalue weighted by Gasteiger charge is -2.23. The second-order valence-electron chi connectivity index (χ2n) is 7.62. The third-order valence-electron chi connectivity index (χ3n) is 5.08. The smallest absolute Gasteiger partial charge is 0.355 e. The quantitative estimate of drug-likeness (QED) is 0.353. The molecule has 1 saturated carbocycles. The van der Waals surface area contributed by atoms with Crippen LogP contribution in [0.3, 0.4) is 0 Å². The molecule has 1 aliphatic rings. The van der Waals surface area contributed by atoms with Crippen LogP contribution in [0.2, 0.25) is 0 Å². The molecule has 0 saturated heterocycles. The van der Waals surface area contributed by atoms with Gasteiger partial charge in [-0.15, -0.1) is 11.3 Å². The van der Waals surface area contributed by atoms with Crippen molar-refractivity contribution >= 4 is 34.9 Å². The molecule has 1 heterocycles. The van der Waals surface area contributed by atoms with Gasteiger partial charge in [0.2, 0.25) is 0 Å². The number of thiazole rings is 1. The van der Waals surface area contributed by atoms with Gasteiger partial charge >= 0.3 is 12.0 Å². The minimum atomic E-state index is -2.36. The SMILES string of the molecule is CC(Sc1nc(C(=O)O)cs1)[C@H]1C(=O)CC[C@H]1/C=C/C[C@@](C)(O)CCC(F)=C(F)F. The van der Waals surface area contributed by atoms with E-state index >= 15 is 0 Å². The predicted molar refractivity (Wildman–Crippen MR) is 110 cm³/mol. The molecule has 30 heavy (non-hydrogen) atoms. The number of allylic oxidation sites excluding steroid dienone is 2. The summed E-state index contributed by atoms with van der Waals surface area (Å²) in [7, 11) is 0. The van der Waals surface area contributed by atoms with Crippen molar-refractivity contribution in [1.82, 2.24) is 4.98 Å². The number of ketones is 1. The van der Waals surface area contributed by atoms with Crippen LogP contribution in [0.25, 0.3) is 0 Å². The van der Waals surface area contributed by atoms with Gasteiger partial charge in [-0.2, -0.15) is 8.78 Å². The van der Waals surface area contributed by atoms with E-state index in [9.17, 15) is 27.9 Å². The summed E-state index contributed by atoms with van der Waals surface area (Å²) in [5, 5.41) is 20.6. The molecule has 1 aromatic heterocycles. The fourth-order valence-corrected chi connectivity index (χ4v) is 5.74. The number of aromatic carboxylic acids is 1. The molecule has 0 aliphatic heterocycles. The van der Waals surface area contributed by atoms with Crippen molar-refractivity contribution in [3.63, 3.8) is 0 Å². The zero-order valence-corrected chi connectivity index (χ0v) is 18.2. The molecule has 1 aromatic rings. The number of carboxylic acids is 1. The first kappa shape index (κ1) is 24.6. The summed E-state index contributed by atoms with van der Waals surface area (Å²) in [4.78, 5) is 27.4. The van der Waals surface area contributed by atoms with Crippen molar-refractivity contribution in [2.75, 3.05) is 0 Å². The van der Waals surface area contributed by atoms with E-state index < -0.39 is 29.9 Å². The molecular formula is C20H24F3NO4S2. The Balaban J connectivity index is 1.96. The van der Waals surface area contributed by atoms with Gasteiger partial charge in [-0.05, 0) is 32.1 Å². The van der Waals surface area contributed by atoms with Gasteiger partial charge < -0.3 is 10.2 Å². The van der Waals surface area contributed by atoms with E-state index in [0.29, 0.717) is 17.2 Å². The Bertz CT molecular complexity index is 834. The number of hydrogen-bond acceptors (Lipinski definition) is 6. The van der Waals surface area contributed by atoms with Crippen molar-refractivity contribution in [2.45, 2.75) is 61.1 Å². The molecule has 4 atom stereocenters. The summed E-state index contributed by atoms with van der Waals surface area (Å²) >= 11 is 2.58. The first-order valence-electron chi connectivity index (χ1n) is 9.47. The molecule has 1 unspecified atom stereocenters. The zero-order valence-electron chi connectivity index (χ0n) is 16.6. The summed E-state index contributed by atoms with van der Waals surface area (Å²) in [6, 6.07) is 0. The molecule has 1 aliphatic carbocycles. The minimum Gasteiger partial charge on any atom is -0.476 e. The number of aromatic nitrogens is 1. The number of halogens is 3. The fraction of sp³-hybridized carbons (Fsp3) is 0.550. The highest BCUT2D eigenvalue weighted by molar-refractivity contribution is 8.01. The molecule has 0 bridgehead atoms. The van der Waals surface area contributed by atoms with E-state index in [1.54, 1.807) is 6.08 Å². The molecule has 10 heteroatoms. The van der Waals surface area contributed by atoms with Gasteiger partial charge in [0.25, 0.3) is 0 Å².